The van der Waals surface area contributed by atoms with Crippen molar-refractivity contribution in [2.45, 2.75) is 25.8 Å². The summed E-state index contributed by atoms with van der Waals surface area (Å²) in [6.07, 6.45) is 3.04. The van der Waals surface area contributed by atoms with Crippen LogP contribution in [0.25, 0.3) is 16.9 Å². The maximum Gasteiger partial charge on any atom is 0.286 e. The molecule has 0 saturated carbocycles. The van der Waals surface area contributed by atoms with Crippen molar-refractivity contribution in [3.8, 4) is 16.9 Å². The molecule has 2 fully saturated rings. The molecule has 0 unspecified atom stereocenters. The number of nitrogens with zero attached hydrogens (tertiary/aromatic N) is 4. The van der Waals surface area contributed by atoms with Crippen molar-refractivity contribution in [3.63, 3.8) is 0 Å². The van der Waals surface area contributed by atoms with Crippen molar-refractivity contribution in [3.05, 3.63) is 68.8 Å². The number of hydrazine groups is 1. The van der Waals surface area contributed by atoms with E-state index in [1.54, 1.807) is 47.1 Å². The Kier molecular flexibility index (Phi) is 9.33. The molecular weight excluding hydrogens is 599 g/mol. The van der Waals surface area contributed by atoms with E-state index < -0.39 is 16.1 Å². The molecule has 3 heterocycles. The van der Waals surface area contributed by atoms with Gasteiger partial charge in [-0.05, 0) is 43.2 Å². The predicted molar refractivity (Wildman–Crippen MR) is 155 cm³/mol. The number of carbonyl (C=O) groups is 1. The van der Waals surface area contributed by atoms with Crippen molar-refractivity contribution < 1.29 is 17.9 Å². The SMILES string of the molecule is O=C(NN1CCCCC1)c1nn(-c2ccc(Cl)cc2Cl)c(-c2ccc(Cl)cc2)c1CNS(=O)(=O)N1CCOCC1. The number of rotatable bonds is 8. The number of hydrogen-bond donors (Lipinski definition) is 2. The van der Waals surface area contributed by atoms with E-state index in [1.165, 1.54) is 4.31 Å². The normalized spacial score (nSPS) is 17.2. The lowest BCUT2D eigenvalue weighted by atomic mass is 10.0. The summed E-state index contributed by atoms with van der Waals surface area (Å²) in [5, 5.41) is 7.84. The molecule has 214 valence electrons. The molecule has 14 heteroatoms. The minimum absolute atomic E-state index is 0.0752. The van der Waals surface area contributed by atoms with Gasteiger partial charge in [-0.3, -0.25) is 10.2 Å². The minimum Gasteiger partial charge on any atom is -0.379 e. The summed E-state index contributed by atoms with van der Waals surface area (Å²) in [7, 11) is -3.87. The second-order valence-corrected chi connectivity index (χ2v) is 12.6. The Morgan fingerprint density at radius 2 is 1.60 bits per heavy atom. The summed E-state index contributed by atoms with van der Waals surface area (Å²) in [5.41, 5.74) is 5.05. The molecular formula is C26H29Cl3N6O4S. The number of halogens is 3. The summed E-state index contributed by atoms with van der Waals surface area (Å²) in [6.45, 7) is 2.35. The Balaban J connectivity index is 1.62. The summed E-state index contributed by atoms with van der Waals surface area (Å²) < 4.78 is 37.2. The fraction of sp³-hybridized carbons (Fsp3) is 0.385. The Labute approximate surface area is 248 Å². The molecule has 0 radical (unpaired) electrons. The largest absolute Gasteiger partial charge is 0.379 e. The smallest absolute Gasteiger partial charge is 0.286 e. The highest BCUT2D eigenvalue weighted by molar-refractivity contribution is 7.87. The van der Waals surface area contributed by atoms with Crippen molar-refractivity contribution in [1.29, 1.82) is 0 Å². The fourth-order valence-corrected chi connectivity index (χ4v) is 6.53. The van der Waals surface area contributed by atoms with Crippen molar-refractivity contribution in [2.24, 2.45) is 0 Å². The molecule has 5 rings (SSSR count). The van der Waals surface area contributed by atoms with Crippen LogP contribution in [0.15, 0.2) is 42.5 Å². The Hall–Kier alpha value is -2.22. The molecule has 0 atom stereocenters. The van der Waals surface area contributed by atoms with Gasteiger partial charge in [0.1, 0.15) is 0 Å². The number of carbonyl (C=O) groups excluding carboxylic acids is 1. The summed E-state index contributed by atoms with van der Waals surface area (Å²) in [6, 6.07) is 12.0. The Morgan fingerprint density at radius 1 is 0.925 bits per heavy atom. The highest BCUT2D eigenvalue weighted by atomic mass is 35.5. The summed E-state index contributed by atoms with van der Waals surface area (Å²) in [4.78, 5) is 13.7. The zero-order chi connectivity index (χ0) is 28.3. The lowest BCUT2D eigenvalue weighted by Crippen LogP contribution is -2.47. The van der Waals surface area contributed by atoms with Crippen molar-refractivity contribution >= 4 is 50.9 Å². The fourth-order valence-electron chi connectivity index (χ4n) is 4.78. The first-order valence-corrected chi connectivity index (χ1v) is 15.5. The van der Waals surface area contributed by atoms with Gasteiger partial charge in [-0.15, -0.1) is 0 Å². The third kappa shape index (κ3) is 6.63. The van der Waals surface area contributed by atoms with Crippen LogP contribution in [0.2, 0.25) is 15.1 Å². The van der Waals surface area contributed by atoms with Gasteiger partial charge < -0.3 is 4.74 Å². The number of ether oxygens (including phenoxy) is 1. The molecule has 0 bridgehead atoms. The molecule has 2 aliphatic rings. The van der Waals surface area contributed by atoms with Gasteiger partial charge >= 0.3 is 0 Å². The number of amides is 1. The molecule has 3 aromatic rings. The van der Waals surface area contributed by atoms with Gasteiger partial charge in [0.15, 0.2) is 5.69 Å². The monoisotopic (exact) mass is 626 g/mol. The van der Waals surface area contributed by atoms with E-state index in [1.807, 2.05) is 5.01 Å². The Morgan fingerprint density at radius 3 is 2.27 bits per heavy atom. The van der Waals surface area contributed by atoms with E-state index >= 15 is 0 Å². The van der Waals surface area contributed by atoms with Crippen LogP contribution in [-0.2, 0) is 21.5 Å². The van der Waals surface area contributed by atoms with Crippen LogP contribution in [0, 0.1) is 0 Å². The van der Waals surface area contributed by atoms with Gasteiger partial charge in [-0.1, -0.05) is 53.4 Å². The molecule has 2 N–H and O–H groups in total. The lowest BCUT2D eigenvalue weighted by molar-refractivity contribution is 0.0724. The van der Waals surface area contributed by atoms with Gasteiger partial charge in [0.25, 0.3) is 16.1 Å². The number of aromatic nitrogens is 2. The molecule has 0 aliphatic carbocycles. The first-order valence-electron chi connectivity index (χ1n) is 12.9. The third-order valence-electron chi connectivity index (χ3n) is 6.81. The molecule has 2 aromatic carbocycles. The third-order valence-corrected chi connectivity index (χ3v) is 9.16. The number of hydrogen-bond acceptors (Lipinski definition) is 6. The first-order chi connectivity index (χ1) is 19.2. The maximum atomic E-state index is 13.7. The van der Waals surface area contributed by atoms with Crippen molar-refractivity contribution in [1.82, 2.24) is 29.2 Å². The van der Waals surface area contributed by atoms with Crippen LogP contribution in [-0.4, -0.2) is 72.8 Å². The van der Waals surface area contributed by atoms with Crippen LogP contribution < -0.4 is 10.1 Å². The van der Waals surface area contributed by atoms with Gasteiger partial charge in [0, 0.05) is 53.9 Å². The topological polar surface area (TPSA) is 109 Å². The molecule has 1 amide bonds. The molecule has 0 spiro atoms. The molecule has 1 aromatic heterocycles. The first kappa shape index (κ1) is 29.3. The van der Waals surface area contributed by atoms with Crippen molar-refractivity contribution in [2.75, 3.05) is 39.4 Å². The van der Waals surface area contributed by atoms with Crippen LogP contribution in [0.5, 0.6) is 0 Å². The van der Waals surface area contributed by atoms with Gasteiger partial charge in [0.2, 0.25) is 0 Å². The lowest BCUT2D eigenvalue weighted by Gasteiger charge is -2.27. The standard InChI is InChI=1S/C26H29Cl3N6O4S/c27-19-6-4-18(5-7-19)25-21(17-30-40(37,38)34-12-14-39-15-13-34)24(26(36)32-33-10-2-1-3-11-33)31-35(25)23-9-8-20(28)16-22(23)29/h4-9,16,30H,1-3,10-15,17H2,(H,32,36). The maximum absolute atomic E-state index is 13.7. The molecule has 10 nitrogen and oxygen atoms in total. The zero-order valence-electron chi connectivity index (χ0n) is 21.6. The van der Waals surface area contributed by atoms with E-state index in [0.29, 0.717) is 50.8 Å². The van der Waals surface area contributed by atoms with E-state index in [4.69, 9.17) is 44.6 Å². The van der Waals surface area contributed by atoms with Crippen LogP contribution in [0.4, 0.5) is 0 Å². The summed E-state index contributed by atoms with van der Waals surface area (Å²) >= 11 is 18.9. The second kappa shape index (κ2) is 12.7. The van der Waals surface area contributed by atoms with E-state index in [2.05, 4.69) is 10.1 Å². The van der Waals surface area contributed by atoms with Crippen LogP contribution in [0.1, 0.15) is 35.3 Å². The predicted octanol–water partition coefficient (Wildman–Crippen LogP) is 4.30. The Bertz CT molecular complexity index is 1470. The van der Waals surface area contributed by atoms with Gasteiger partial charge in [-0.25, -0.2) is 9.69 Å². The highest BCUT2D eigenvalue weighted by Gasteiger charge is 2.30. The highest BCUT2D eigenvalue weighted by Crippen LogP contribution is 2.34. The average Bonchev–Trinajstić information content (AvgIpc) is 3.33. The number of benzene rings is 2. The zero-order valence-corrected chi connectivity index (χ0v) is 24.7. The molecule has 2 saturated heterocycles. The van der Waals surface area contributed by atoms with Crippen LogP contribution >= 0.6 is 34.8 Å². The molecule has 40 heavy (non-hydrogen) atoms. The average molecular weight is 628 g/mol. The van der Waals surface area contributed by atoms with E-state index in [0.717, 1.165) is 32.4 Å². The van der Waals surface area contributed by atoms with E-state index in [-0.39, 0.29) is 25.3 Å². The van der Waals surface area contributed by atoms with Gasteiger partial charge in [-0.2, -0.15) is 22.5 Å². The molecule has 2 aliphatic heterocycles. The number of piperidine rings is 1. The van der Waals surface area contributed by atoms with Crippen LogP contribution in [0.3, 0.4) is 0 Å². The number of nitrogens with one attached hydrogen (secondary N) is 2. The summed E-state index contributed by atoms with van der Waals surface area (Å²) in [5.74, 6) is -0.443. The van der Waals surface area contributed by atoms with E-state index in [9.17, 15) is 13.2 Å². The van der Waals surface area contributed by atoms with Gasteiger partial charge in [0.05, 0.1) is 29.6 Å². The second-order valence-electron chi connectivity index (χ2n) is 9.52. The quantitative estimate of drug-likeness (QED) is 0.386. The number of morpholine rings is 1. The minimum atomic E-state index is -3.87.